The average molecular weight is 358 g/mol. The van der Waals surface area contributed by atoms with Crippen LogP contribution in [0.2, 0.25) is 0 Å². The zero-order valence-electron chi connectivity index (χ0n) is 14.6. The number of aromatic nitrogens is 2. The summed E-state index contributed by atoms with van der Waals surface area (Å²) in [4.78, 5) is 27.6. The molecule has 0 bridgehead atoms. The Balaban J connectivity index is 1.70. The zero-order valence-corrected chi connectivity index (χ0v) is 15.4. The number of benzene rings is 1. The Morgan fingerprint density at radius 3 is 2.72 bits per heavy atom. The van der Waals surface area contributed by atoms with Crippen molar-refractivity contribution >= 4 is 23.6 Å². The van der Waals surface area contributed by atoms with Gasteiger partial charge in [0, 0.05) is 42.7 Å². The summed E-state index contributed by atoms with van der Waals surface area (Å²) in [6, 6.07) is 8.18. The van der Waals surface area contributed by atoms with Crippen molar-refractivity contribution in [2.75, 3.05) is 13.6 Å². The minimum absolute atomic E-state index is 0.0836. The van der Waals surface area contributed by atoms with Gasteiger partial charge in [-0.2, -0.15) is 5.10 Å². The molecule has 7 heteroatoms. The van der Waals surface area contributed by atoms with Crippen molar-refractivity contribution in [2.24, 2.45) is 0 Å². The van der Waals surface area contributed by atoms with Gasteiger partial charge in [-0.25, -0.2) is 0 Å². The number of hydrogen-bond donors (Lipinski definition) is 2. The molecular formula is C18H22N4O2S. The number of thioether (sulfide) groups is 1. The van der Waals surface area contributed by atoms with Crippen LogP contribution in [-0.2, 0) is 17.8 Å². The van der Waals surface area contributed by atoms with E-state index in [1.165, 1.54) is 5.56 Å². The number of aryl methyl sites for hydroxylation is 1. The number of H-pyrrole nitrogens is 1. The second kappa shape index (κ2) is 7.31. The first kappa shape index (κ1) is 17.5. The predicted molar refractivity (Wildman–Crippen MR) is 97.6 cm³/mol. The first-order valence-electron chi connectivity index (χ1n) is 8.30. The molecule has 25 heavy (non-hydrogen) atoms. The number of nitrogens with zero attached hydrogens (tertiary/aromatic N) is 2. The summed E-state index contributed by atoms with van der Waals surface area (Å²) in [6.45, 7) is 5.03. The molecule has 132 valence electrons. The van der Waals surface area contributed by atoms with E-state index in [4.69, 9.17) is 0 Å². The smallest absolute Gasteiger partial charge is 0.271 e. The van der Waals surface area contributed by atoms with Crippen LogP contribution in [-0.4, -0.2) is 45.8 Å². The monoisotopic (exact) mass is 358 g/mol. The largest absolute Gasteiger partial charge is 0.354 e. The molecule has 0 aliphatic carbocycles. The van der Waals surface area contributed by atoms with Gasteiger partial charge < -0.3 is 10.2 Å². The molecule has 3 rings (SSSR count). The maximum absolute atomic E-state index is 12.8. The summed E-state index contributed by atoms with van der Waals surface area (Å²) in [5.41, 5.74) is 3.36. The molecule has 0 saturated heterocycles. The van der Waals surface area contributed by atoms with E-state index in [1.807, 2.05) is 43.0 Å². The van der Waals surface area contributed by atoms with Crippen molar-refractivity contribution in [3.8, 4) is 0 Å². The topological polar surface area (TPSA) is 78.1 Å². The minimum Gasteiger partial charge on any atom is -0.354 e. The maximum atomic E-state index is 12.8. The standard InChI is InChI=1S/C18H22N4O2S/c1-11-4-6-13(7-5-11)25-12(2)18(24)22-9-8-15-14(10-22)16(21-20-15)17(23)19-3/h4-7,12H,8-10H2,1-3H3,(H,19,23)(H,20,21)/t12-/m0/s1. The van der Waals surface area contributed by atoms with Gasteiger partial charge >= 0.3 is 0 Å². The van der Waals surface area contributed by atoms with Crippen molar-refractivity contribution < 1.29 is 9.59 Å². The lowest BCUT2D eigenvalue weighted by Gasteiger charge is -2.29. The van der Waals surface area contributed by atoms with Gasteiger partial charge in [-0.15, -0.1) is 11.8 Å². The lowest BCUT2D eigenvalue weighted by molar-refractivity contribution is -0.131. The van der Waals surface area contributed by atoms with Crippen molar-refractivity contribution in [3.05, 3.63) is 46.8 Å². The van der Waals surface area contributed by atoms with Crippen LogP contribution in [0.5, 0.6) is 0 Å². The molecular weight excluding hydrogens is 336 g/mol. The van der Waals surface area contributed by atoms with E-state index >= 15 is 0 Å². The van der Waals surface area contributed by atoms with Crippen LogP contribution in [0.25, 0.3) is 0 Å². The molecule has 0 saturated carbocycles. The van der Waals surface area contributed by atoms with Gasteiger partial charge in [-0.05, 0) is 26.0 Å². The number of aromatic amines is 1. The number of rotatable bonds is 4. The van der Waals surface area contributed by atoms with Gasteiger partial charge in [0.15, 0.2) is 5.69 Å². The number of amides is 2. The zero-order chi connectivity index (χ0) is 18.0. The van der Waals surface area contributed by atoms with E-state index in [-0.39, 0.29) is 17.1 Å². The van der Waals surface area contributed by atoms with Gasteiger partial charge in [-0.3, -0.25) is 14.7 Å². The molecule has 2 aromatic rings. The summed E-state index contributed by atoms with van der Waals surface area (Å²) >= 11 is 1.56. The van der Waals surface area contributed by atoms with E-state index in [0.29, 0.717) is 25.2 Å². The van der Waals surface area contributed by atoms with Crippen molar-refractivity contribution in [1.82, 2.24) is 20.4 Å². The van der Waals surface area contributed by atoms with E-state index in [1.54, 1.807) is 18.8 Å². The summed E-state index contributed by atoms with van der Waals surface area (Å²) < 4.78 is 0. The molecule has 0 radical (unpaired) electrons. The normalized spacial score (nSPS) is 14.8. The Bertz CT molecular complexity index is 785. The lowest BCUT2D eigenvalue weighted by Crippen LogP contribution is -2.40. The summed E-state index contributed by atoms with van der Waals surface area (Å²) in [5.74, 6) is -0.144. The van der Waals surface area contributed by atoms with E-state index in [9.17, 15) is 9.59 Å². The molecule has 1 aromatic heterocycles. The van der Waals surface area contributed by atoms with Crippen molar-refractivity contribution in [2.45, 2.75) is 37.0 Å². The highest BCUT2D eigenvalue weighted by atomic mass is 32.2. The lowest BCUT2D eigenvalue weighted by atomic mass is 10.0. The summed E-state index contributed by atoms with van der Waals surface area (Å²) in [7, 11) is 1.58. The van der Waals surface area contributed by atoms with Gasteiger partial charge in [0.1, 0.15) is 0 Å². The Kier molecular flexibility index (Phi) is 5.13. The van der Waals surface area contributed by atoms with Gasteiger partial charge in [0.25, 0.3) is 5.91 Å². The highest BCUT2D eigenvalue weighted by Crippen LogP contribution is 2.27. The van der Waals surface area contributed by atoms with Crippen LogP contribution in [0, 0.1) is 6.92 Å². The SMILES string of the molecule is CNC(=O)c1n[nH]c2c1CN(C(=O)[C@H](C)Sc1ccc(C)cc1)CC2. The Morgan fingerprint density at radius 2 is 2.04 bits per heavy atom. The number of nitrogens with one attached hydrogen (secondary N) is 2. The predicted octanol–water partition coefficient (Wildman–Crippen LogP) is 2.14. The van der Waals surface area contributed by atoms with Gasteiger partial charge in [0.05, 0.1) is 5.25 Å². The van der Waals surface area contributed by atoms with E-state index in [2.05, 4.69) is 15.5 Å². The molecule has 2 heterocycles. The molecule has 0 unspecified atom stereocenters. The van der Waals surface area contributed by atoms with Gasteiger partial charge in [-0.1, -0.05) is 17.7 Å². The molecule has 2 N–H and O–H groups in total. The fourth-order valence-corrected chi connectivity index (χ4v) is 3.87. The molecule has 0 spiro atoms. The third-order valence-corrected chi connectivity index (χ3v) is 5.47. The van der Waals surface area contributed by atoms with Gasteiger partial charge in [0.2, 0.25) is 5.91 Å². The van der Waals surface area contributed by atoms with Crippen LogP contribution in [0.1, 0.15) is 34.2 Å². The average Bonchev–Trinajstić information content (AvgIpc) is 3.05. The fraction of sp³-hybridized carbons (Fsp3) is 0.389. The first-order valence-corrected chi connectivity index (χ1v) is 9.18. The van der Waals surface area contributed by atoms with Crippen LogP contribution >= 0.6 is 11.8 Å². The molecule has 1 aliphatic rings. The van der Waals surface area contributed by atoms with E-state index in [0.717, 1.165) is 16.2 Å². The molecule has 1 aliphatic heterocycles. The maximum Gasteiger partial charge on any atom is 0.271 e. The van der Waals surface area contributed by atoms with Crippen LogP contribution < -0.4 is 5.32 Å². The molecule has 2 amide bonds. The highest BCUT2D eigenvalue weighted by molar-refractivity contribution is 8.00. The summed E-state index contributed by atoms with van der Waals surface area (Å²) in [5, 5.41) is 9.44. The van der Waals surface area contributed by atoms with E-state index < -0.39 is 0 Å². The Morgan fingerprint density at radius 1 is 1.32 bits per heavy atom. The van der Waals surface area contributed by atoms with Crippen LogP contribution in [0.15, 0.2) is 29.2 Å². The third kappa shape index (κ3) is 3.71. The minimum atomic E-state index is -0.228. The second-order valence-corrected chi connectivity index (χ2v) is 7.61. The first-order chi connectivity index (χ1) is 12.0. The van der Waals surface area contributed by atoms with Crippen molar-refractivity contribution in [3.63, 3.8) is 0 Å². The number of carbonyl (C=O) groups excluding carboxylic acids is 2. The second-order valence-electron chi connectivity index (χ2n) is 6.19. The third-order valence-electron chi connectivity index (χ3n) is 4.37. The quantitative estimate of drug-likeness (QED) is 0.821. The van der Waals surface area contributed by atoms with Crippen LogP contribution in [0.3, 0.4) is 0 Å². The molecule has 6 nitrogen and oxygen atoms in total. The number of hydrogen-bond acceptors (Lipinski definition) is 4. The fourth-order valence-electron chi connectivity index (χ4n) is 2.92. The molecule has 1 atom stereocenters. The number of fused-ring (bicyclic) bond motifs is 1. The highest BCUT2D eigenvalue weighted by Gasteiger charge is 2.29. The Hall–Kier alpha value is -2.28. The van der Waals surface area contributed by atoms with Crippen LogP contribution in [0.4, 0.5) is 0 Å². The number of carbonyl (C=O) groups is 2. The molecule has 1 aromatic carbocycles. The summed E-state index contributed by atoms with van der Waals surface area (Å²) in [6.07, 6.45) is 0.687. The Labute approximate surface area is 151 Å². The van der Waals surface area contributed by atoms with Crippen molar-refractivity contribution in [1.29, 1.82) is 0 Å². The molecule has 0 fully saturated rings.